The fourth-order valence-electron chi connectivity index (χ4n) is 4.67. The molecule has 0 saturated heterocycles. The summed E-state index contributed by atoms with van der Waals surface area (Å²) in [7, 11) is 0. The van der Waals surface area contributed by atoms with Gasteiger partial charge in [-0.15, -0.1) is 0 Å². The molecule has 33 heavy (non-hydrogen) atoms. The summed E-state index contributed by atoms with van der Waals surface area (Å²) in [6, 6.07) is 16.3. The van der Waals surface area contributed by atoms with Gasteiger partial charge in [0.2, 0.25) is 5.91 Å². The predicted octanol–water partition coefficient (Wildman–Crippen LogP) is 4.02. The first kappa shape index (κ1) is 22.8. The molecule has 174 valence electrons. The van der Waals surface area contributed by atoms with Crippen LogP contribution in [-0.2, 0) is 14.3 Å². The van der Waals surface area contributed by atoms with Crippen LogP contribution < -0.4 is 5.32 Å². The van der Waals surface area contributed by atoms with Crippen LogP contribution in [0.25, 0.3) is 11.1 Å². The lowest BCUT2D eigenvalue weighted by molar-refractivity contribution is -0.139. The number of alkyl carbamates (subject to hydrolysis) is 1. The molecule has 0 aromatic heterocycles. The van der Waals surface area contributed by atoms with Crippen molar-refractivity contribution in [1.29, 1.82) is 0 Å². The van der Waals surface area contributed by atoms with E-state index in [-0.39, 0.29) is 31.4 Å². The molecule has 0 atom stereocenters. The molecule has 1 fully saturated rings. The van der Waals surface area contributed by atoms with E-state index in [4.69, 9.17) is 9.84 Å². The minimum Gasteiger partial charge on any atom is -0.481 e. The fourth-order valence-corrected chi connectivity index (χ4v) is 4.67. The van der Waals surface area contributed by atoms with Crippen LogP contribution in [0, 0.1) is 5.41 Å². The third-order valence-electron chi connectivity index (χ3n) is 6.71. The summed E-state index contributed by atoms with van der Waals surface area (Å²) in [6.07, 6.45) is 1.36. The first-order valence-corrected chi connectivity index (χ1v) is 11.6. The Morgan fingerprint density at radius 3 is 2.21 bits per heavy atom. The first-order valence-electron chi connectivity index (χ1n) is 11.6. The van der Waals surface area contributed by atoms with Crippen LogP contribution in [-0.4, -0.2) is 54.2 Å². The SMILES string of the molecule is CCN(CCCC(=O)O)C(=O)C1(CNC(=O)OCC2c3ccccc3-c3ccccc32)CC1. The van der Waals surface area contributed by atoms with Gasteiger partial charge in [-0.25, -0.2) is 4.79 Å². The summed E-state index contributed by atoms with van der Waals surface area (Å²) in [4.78, 5) is 37.9. The van der Waals surface area contributed by atoms with E-state index in [2.05, 4.69) is 29.6 Å². The van der Waals surface area contributed by atoms with E-state index in [0.717, 1.165) is 11.1 Å². The quantitative estimate of drug-likeness (QED) is 0.570. The highest BCUT2D eigenvalue weighted by molar-refractivity contribution is 5.86. The lowest BCUT2D eigenvalue weighted by Crippen LogP contribution is -2.43. The Morgan fingerprint density at radius 1 is 1.06 bits per heavy atom. The number of benzene rings is 2. The number of aliphatic carboxylic acids is 1. The zero-order valence-electron chi connectivity index (χ0n) is 18.9. The van der Waals surface area contributed by atoms with Gasteiger partial charge in [0.25, 0.3) is 0 Å². The summed E-state index contributed by atoms with van der Waals surface area (Å²) in [5, 5.41) is 11.6. The summed E-state index contributed by atoms with van der Waals surface area (Å²) >= 11 is 0. The number of carbonyl (C=O) groups excluding carboxylic acids is 2. The molecular formula is C26H30N2O5. The molecule has 2 aromatic rings. The number of hydrogen-bond acceptors (Lipinski definition) is 4. The van der Waals surface area contributed by atoms with Gasteiger partial charge in [0, 0.05) is 32.0 Å². The lowest BCUT2D eigenvalue weighted by atomic mass is 9.98. The largest absolute Gasteiger partial charge is 0.481 e. The van der Waals surface area contributed by atoms with E-state index in [1.807, 2.05) is 31.2 Å². The summed E-state index contributed by atoms with van der Waals surface area (Å²) in [6.45, 7) is 3.28. The normalized spacial score (nSPS) is 15.3. The zero-order chi connectivity index (χ0) is 23.4. The van der Waals surface area contributed by atoms with Crippen molar-refractivity contribution in [3.05, 3.63) is 59.7 Å². The summed E-state index contributed by atoms with van der Waals surface area (Å²) in [5.74, 6) is -0.893. The third kappa shape index (κ3) is 4.87. The molecule has 4 rings (SSSR count). The van der Waals surface area contributed by atoms with Gasteiger partial charge < -0.3 is 20.1 Å². The number of ether oxygens (including phenoxy) is 1. The number of hydrogen-bond donors (Lipinski definition) is 2. The standard InChI is InChI=1S/C26H30N2O5/c1-2-28(15-7-12-23(29)30)24(31)26(13-14-26)17-27-25(32)33-16-22-20-10-5-3-8-18(20)19-9-4-6-11-21(19)22/h3-6,8-11,22H,2,7,12-17H2,1H3,(H,27,32)(H,29,30). The smallest absolute Gasteiger partial charge is 0.407 e. The Hall–Kier alpha value is -3.35. The van der Waals surface area contributed by atoms with Crippen molar-refractivity contribution in [3.8, 4) is 11.1 Å². The molecular weight excluding hydrogens is 420 g/mol. The van der Waals surface area contributed by atoms with Gasteiger partial charge in [0.05, 0.1) is 5.41 Å². The summed E-state index contributed by atoms with van der Waals surface area (Å²) < 4.78 is 5.58. The predicted molar refractivity (Wildman–Crippen MR) is 124 cm³/mol. The van der Waals surface area contributed by atoms with Crippen LogP contribution in [0.15, 0.2) is 48.5 Å². The Morgan fingerprint density at radius 2 is 1.67 bits per heavy atom. The third-order valence-corrected chi connectivity index (χ3v) is 6.71. The number of rotatable bonds is 10. The van der Waals surface area contributed by atoms with Crippen molar-refractivity contribution in [2.45, 2.75) is 38.5 Å². The number of fused-ring (bicyclic) bond motifs is 3. The van der Waals surface area contributed by atoms with Gasteiger partial charge in [-0.3, -0.25) is 9.59 Å². The Labute approximate surface area is 193 Å². The molecule has 0 aliphatic heterocycles. The van der Waals surface area contributed by atoms with Crippen LogP contribution in [0.5, 0.6) is 0 Å². The highest BCUT2D eigenvalue weighted by Gasteiger charge is 2.51. The molecule has 0 heterocycles. The number of amides is 2. The van der Waals surface area contributed by atoms with E-state index in [9.17, 15) is 14.4 Å². The van der Waals surface area contributed by atoms with E-state index >= 15 is 0 Å². The van der Waals surface area contributed by atoms with Gasteiger partial charge in [-0.1, -0.05) is 48.5 Å². The van der Waals surface area contributed by atoms with Crippen molar-refractivity contribution in [2.75, 3.05) is 26.2 Å². The van der Waals surface area contributed by atoms with Crippen molar-refractivity contribution < 1.29 is 24.2 Å². The molecule has 0 bridgehead atoms. The molecule has 2 N–H and O–H groups in total. The molecule has 7 heteroatoms. The Balaban J connectivity index is 1.31. The number of carbonyl (C=O) groups is 3. The molecule has 7 nitrogen and oxygen atoms in total. The van der Waals surface area contributed by atoms with Gasteiger partial charge in [-0.2, -0.15) is 0 Å². The second kappa shape index (κ2) is 9.65. The number of carboxylic acid groups (broad SMARTS) is 1. The monoisotopic (exact) mass is 450 g/mol. The Bertz CT molecular complexity index is 1000. The molecule has 2 aromatic carbocycles. The first-order chi connectivity index (χ1) is 15.9. The maximum Gasteiger partial charge on any atom is 0.407 e. The summed E-state index contributed by atoms with van der Waals surface area (Å²) in [5.41, 5.74) is 4.06. The molecule has 2 amide bonds. The van der Waals surface area contributed by atoms with Gasteiger partial charge in [-0.05, 0) is 48.4 Å². The molecule has 2 aliphatic rings. The molecule has 0 spiro atoms. The average Bonchev–Trinajstić information content (AvgIpc) is 3.55. The molecule has 0 radical (unpaired) electrons. The molecule has 2 aliphatic carbocycles. The van der Waals surface area contributed by atoms with E-state index in [1.54, 1.807) is 4.90 Å². The second-order valence-corrected chi connectivity index (χ2v) is 8.84. The van der Waals surface area contributed by atoms with Crippen molar-refractivity contribution in [2.24, 2.45) is 5.41 Å². The van der Waals surface area contributed by atoms with Crippen LogP contribution in [0.4, 0.5) is 4.79 Å². The minimum absolute atomic E-state index is 0.00974. The number of nitrogens with zero attached hydrogens (tertiary/aromatic N) is 1. The number of nitrogens with one attached hydrogen (secondary N) is 1. The topological polar surface area (TPSA) is 95.9 Å². The van der Waals surface area contributed by atoms with E-state index in [0.29, 0.717) is 32.4 Å². The van der Waals surface area contributed by atoms with Crippen molar-refractivity contribution in [1.82, 2.24) is 10.2 Å². The van der Waals surface area contributed by atoms with Crippen LogP contribution in [0.3, 0.4) is 0 Å². The van der Waals surface area contributed by atoms with Crippen molar-refractivity contribution in [3.63, 3.8) is 0 Å². The van der Waals surface area contributed by atoms with E-state index in [1.165, 1.54) is 11.1 Å². The maximum absolute atomic E-state index is 13.0. The van der Waals surface area contributed by atoms with Crippen LogP contribution in [0.2, 0.25) is 0 Å². The lowest BCUT2D eigenvalue weighted by Gasteiger charge is -2.26. The average molecular weight is 451 g/mol. The van der Waals surface area contributed by atoms with Gasteiger partial charge in [0.1, 0.15) is 6.61 Å². The Kier molecular flexibility index (Phi) is 6.67. The van der Waals surface area contributed by atoms with Gasteiger partial charge in [0.15, 0.2) is 0 Å². The maximum atomic E-state index is 13.0. The molecule has 0 unspecified atom stereocenters. The van der Waals surface area contributed by atoms with Crippen molar-refractivity contribution >= 4 is 18.0 Å². The minimum atomic E-state index is -0.864. The van der Waals surface area contributed by atoms with Crippen LogP contribution >= 0.6 is 0 Å². The van der Waals surface area contributed by atoms with E-state index < -0.39 is 17.5 Å². The molecule has 1 saturated carbocycles. The fraction of sp³-hybridized carbons (Fsp3) is 0.423. The highest BCUT2D eigenvalue weighted by Crippen LogP contribution is 2.47. The number of carboxylic acids is 1. The van der Waals surface area contributed by atoms with Gasteiger partial charge >= 0.3 is 12.1 Å². The second-order valence-electron chi connectivity index (χ2n) is 8.84. The van der Waals surface area contributed by atoms with Crippen LogP contribution in [0.1, 0.15) is 49.7 Å². The zero-order valence-corrected chi connectivity index (χ0v) is 18.9. The highest BCUT2D eigenvalue weighted by atomic mass is 16.5.